The van der Waals surface area contributed by atoms with Gasteiger partial charge in [-0.3, -0.25) is 9.78 Å². The van der Waals surface area contributed by atoms with Crippen LogP contribution in [0, 0.1) is 0 Å². The average molecular weight is 296 g/mol. The number of aromatic nitrogens is 2. The predicted molar refractivity (Wildman–Crippen MR) is 71.2 cm³/mol. The van der Waals surface area contributed by atoms with E-state index in [1.54, 1.807) is 0 Å². The first-order valence-electron chi connectivity index (χ1n) is 5.84. The summed E-state index contributed by atoms with van der Waals surface area (Å²) in [5.74, 6) is -0.0435. The number of hydrogen-bond donors (Lipinski definition) is 2. The summed E-state index contributed by atoms with van der Waals surface area (Å²) in [6, 6.07) is 3.55. The van der Waals surface area contributed by atoms with Crippen LogP contribution in [-0.2, 0) is 11.0 Å². The van der Waals surface area contributed by atoms with E-state index in [0.29, 0.717) is 5.56 Å². The molecule has 8 heteroatoms. The first-order valence-corrected chi connectivity index (χ1v) is 5.84. The van der Waals surface area contributed by atoms with Crippen molar-refractivity contribution in [2.24, 2.45) is 0 Å². The van der Waals surface area contributed by atoms with Gasteiger partial charge >= 0.3 is 6.18 Å². The van der Waals surface area contributed by atoms with Gasteiger partial charge in [-0.05, 0) is 12.1 Å². The molecule has 0 bridgehead atoms. The number of anilines is 2. The standard InChI is InChI=1S/C13H11F3N4O/c1-7(21)20-12-4-10(17)9(6-19-12)11-3-2-8(5-18-11)13(14,15)16/h2-6H,1H3,(H3,17,19,20,21). The molecule has 2 aromatic heterocycles. The molecule has 2 heterocycles. The topological polar surface area (TPSA) is 80.9 Å². The lowest BCUT2D eigenvalue weighted by atomic mass is 10.1. The second-order valence-corrected chi connectivity index (χ2v) is 4.27. The summed E-state index contributed by atoms with van der Waals surface area (Å²) >= 11 is 0. The summed E-state index contributed by atoms with van der Waals surface area (Å²) < 4.78 is 37.4. The normalized spacial score (nSPS) is 11.2. The van der Waals surface area contributed by atoms with Crippen LogP contribution in [0.1, 0.15) is 12.5 Å². The molecule has 0 atom stereocenters. The maximum absolute atomic E-state index is 12.5. The van der Waals surface area contributed by atoms with Gasteiger partial charge in [0, 0.05) is 36.6 Å². The zero-order chi connectivity index (χ0) is 15.6. The van der Waals surface area contributed by atoms with E-state index in [4.69, 9.17) is 5.73 Å². The molecule has 2 rings (SSSR count). The lowest BCUT2D eigenvalue weighted by Gasteiger charge is -2.09. The molecular formula is C13H11F3N4O. The third-order valence-electron chi connectivity index (χ3n) is 2.61. The van der Waals surface area contributed by atoms with E-state index in [1.807, 2.05) is 0 Å². The number of carbonyl (C=O) groups is 1. The molecule has 0 fully saturated rings. The lowest BCUT2D eigenvalue weighted by molar-refractivity contribution is -0.137. The number of nitrogen functional groups attached to an aromatic ring is 1. The molecule has 0 aliphatic carbocycles. The number of hydrogen-bond acceptors (Lipinski definition) is 4. The van der Waals surface area contributed by atoms with Gasteiger partial charge in [-0.25, -0.2) is 4.98 Å². The Hall–Kier alpha value is -2.64. The van der Waals surface area contributed by atoms with Crippen molar-refractivity contribution < 1.29 is 18.0 Å². The van der Waals surface area contributed by atoms with Crippen molar-refractivity contribution in [1.29, 1.82) is 0 Å². The van der Waals surface area contributed by atoms with Crippen molar-refractivity contribution in [3.63, 3.8) is 0 Å². The van der Waals surface area contributed by atoms with Gasteiger partial charge in [0.2, 0.25) is 5.91 Å². The minimum absolute atomic E-state index is 0.251. The van der Waals surface area contributed by atoms with Crippen LogP contribution < -0.4 is 11.1 Å². The van der Waals surface area contributed by atoms with Gasteiger partial charge in [0.15, 0.2) is 0 Å². The first-order chi connectivity index (χ1) is 9.77. The van der Waals surface area contributed by atoms with E-state index >= 15 is 0 Å². The fourth-order valence-electron chi connectivity index (χ4n) is 1.65. The molecule has 21 heavy (non-hydrogen) atoms. The number of nitrogens with two attached hydrogens (primary N) is 1. The quantitative estimate of drug-likeness (QED) is 0.892. The average Bonchev–Trinajstić information content (AvgIpc) is 2.37. The van der Waals surface area contributed by atoms with Crippen molar-refractivity contribution in [2.45, 2.75) is 13.1 Å². The fraction of sp³-hybridized carbons (Fsp3) is 0.154. The highest BCUT2D eigenvalue weighted by molar-refractivity contribution is 5.89. The Labute approximate surface area is 118 Å². The molecule has 0 radical (unpaired) electrons. The van der Waals surface area contributed by atoms with Gasteiger partial charge in [0.05, 0.1) is 11.3 Å². The van der Waals surface area contributed by atoms with Gasteiger partial charge in [-0.1, -0.05) is 0 Å². The molecule has 0 spiro atoms. The Kier molecular flexibility index (Phi) is 3.79. The number of nitrogens with zero attached hydrogens (tertiary/aromatic N) is 2. The monoisotopic (exact) mass is 296 g/mol. The maximum atomic E-state index is 12.5. The number of pyridine rings is 2. The van der Waals surface area contributed by atoms with Crippen LogP contribution in [0.4, 0.5) is 24.7 Å². The second kappa shape index (κ2) is 5.39. The molecular weight excluding hydrogens is 285 g/mol. The van der Waals surface area contributed by atoms with E-state index < -0.39 is 11.7 Å². The zero-order valence-electron chi connectivity index (χ0n) is 10.9. The number of nitrogens with one attached hydrogen (secondary N) is 1. The smallest absolute Gasteiger partial charge is 0.398 e. The highest BCUT2D eigenvalue weighted by Crippen LogP contribution is 2.31. The minimum atomic E-state index is -4.44. The van der Waals surface area contributed by atoms with Gasteiger partial charge in [-0.15, -0.1) is 0 Å². The van der Waals surface area contributed by atoms with E-state index in [9.17, 15) is 18.0 Å². The molecule has 0 aliphatic rings. The van der Waals surface area contributed by atoms with Crippen molar-refractivity contribution in [3.8, 4) is 11.3 Å². The molecule has 3 N–H and O–H groups in total. The van der Waals surface area contributed by atoms with E-state index in [1.165, 1.54) is 25.3 Å². The minimum Gasteiger partial charge on any atom is -0.398 e. The molecule has 0 aliphatic heterocycles. The Morgan fingerprint density at radius 3 is 2.43 bits per heavy atom. The Morgan fingerprint density at radius 1 is 1.24 bits per heavy atom. The van der Waals surface area contributed by atoms with Crippen LogP contribution in [0.5, 0.6) is 0 Å². The zero-order valence-corrected chi connectivity index (χ0v) is 10.9. The van der Waals surface area contributed by atoms with Crippen LogP contribution >= 0.6 is 0 Å². The summed E-state index contributed by atoms with van der Waals surface area (Å²) in [6.45, 7) is 1.32. The van der Waals surface area contributed by atoms with E-state index in [0.717, 1.165) is 12.3 Å². The SMILES string of the molecule is CC(=O)Nc1cc(N)c(-c2ccc(C(F)(F)F)cn2)cn1. The summed E-state index contributed by atoms with van der Waals surface area (Å²) in [5, 5.41) is 2.45. The maximum Gasteiger partial charge on any atom is 0.417 e. The Bertz CT molecular complexity index is 668. The van der Waals surface area contributed by atoms with E-state index in [2.05, 4.69) is 15.3 Å². The third kappa shape index (κ3) is 3.47. The first kappa shape index (κ1) is 14.8. The van der Waals surface area contributed by atoms with Gasteiger partial charge in [-0.2, -0.15) is 13.2 Å². The van der Waals surface area contributed by atoms with E-state index in [-0.39, 0.29) is 23.1 Å². The molecule has 0 saturated carbocycles. The molecule has 5 nitrogen and oxygen atoms in total. The number of alkyl halides is 3. The predicted octanol–water partition coefficient (Wildman–Crippen LogP) is 2.70. The summed E-state index contributed by atoms with van der Waals surface area (Å²) in [4.78, 5) is 18.6. The van der Waals surface area contributed by atoms with Crippen LogP contribution in [-0.4, -0.2) is 15.9 Å². The van der Waals surface area contributed by atoms with Gasteiger partial charge < -0.3 is 11.1 Å². The van der Waals surface area contributed by atoms with Crippen molar-refractivity contribution in [2.75, 3.05) is 11.1 Å². The highest BCUT2D eigenvalue weighted by atomic mass is 19.4. The summed E-state index contributed by atoms with van der Waals surface area (Å²) in [5.41, 5.74) is 5.86. The molecule has 0 aromatic carbocycles. The number of halogens is 3. The number of carbonyl (C=O) groups excluding carboxylic acids is 1. The van der Waals surface area contributed by atoms with Gasteiger partial charge in [0.25, 0.3) is 0 Å². The Balaban J connectivity index is 2.32. The van der Waals surface area contributed by atoms with Crippen LogP contribution in [0.3, 0.4) is 0 Å². The largest absolute Gasteiger partial charge is 0.417 e. The molecule has 1 amide bonds. The lowest BCUT2D eigenvalue weighted by Crippen LogP contribution is -2.08. The van der Waals surface area contributed by atoms with Crippen LogP contribution in [0.2, 0.25) is 0 Å². The van der Waals surface area contributed by atoms with Gasteiger partial charge in [0.1, 0.15) is 5.82 Å². The van der Waals surface area contributed by atoms with Crippen molar-refractivity contribution >= 4 is 17.4 Å². The van der Waals surface area contributed by atoms with Crippen LogP contribution in [0.25, 0.3) is 11.3 Å². The summed E-state index contributed by atoms with van der Waals surface area (Å²) in [7, 11) is 0. The van der Waals surface area contributed by atoms with Crippen molar-refractivity contribution in [1.82, 2.24) is 9.97 Å². The highest BCUT2D eigenvalue weighted by Gasteiger charge is 2.30. The number of rotatable bonds is 2. The fourth-order valence-corrected chi connectivity index (χ4v) is 1.65. The second-order valence-electron chi connectivity index (χ2n) is 4.27. The molecule has 0 saturated heterocycles. The summed E-state index contributed by atoms with van der Waals surface area (Å²) in [6.07, 6.45) is -2.36. The third-order valence-corrected chi connectivity index (χ3v) is 2.61. The molecule has 110 valence electrons. The molecule has 0 unspecified atom stereocenters. The molecule has 2 aromatic rings. The number of amides is 1. The van der Waals surface area contributed by atoms with Crippen LogP contribution in [0.15, 0.2) is 30.6 Å². The Morgan fingerprint density at radius 2 is 1.95 bits per heavy atom. The van der Waals surface area contributed by atoms with Crippen molar-refractivity contribution in [3.05, 3.63) is 36.2 Å².